The zero-order chi connectivity index (χ0) is 17.5. The van der Waals surface area contributed by atoms with Crippen LogP contribution in [0.2, 0.25) is 0 Å². The summed E-state index contributed by atoms with van der Waals surface area (Å²) >= 11 is 0. The second kappa shape index (κ2) is 5.86. The van der Waals surface area contributed by atoms with E-state index in [1.807, 2.05) is 5.32 Å². The average Bonchev–Trinajstić information content (AvgIpc) is 2.57. The van der Waals surface area contributed by atoms with Gasteiger partial charge in [-0.1, -0.05) is 0 Å². The molecule has 0 radical (unpaired) electrons. The number of rotatable bonds is 4. The molecule has 1 aromatic heterocycles. The highest BCUT2D eigenvalue weighted by molar-refractivity contribution is 5.86. The summed E-state index contributed by atoms with van der Waals surface area (Å²) < 4.78 is 41.5. The van der Waals surface area contributed by atoms with Crippen molar-refractivity contribution in [3.8, 4) is 0 Å². The van der Waals surface area contributed by atoms with Gasteiger partial charge in [-0.3, -0.25) is 14.3 Å². The number of aryl methyl sites for hydroxylation is 2. The third-order valence-electron chi connectivity index (χ3n) is 4.40. The standard InChI is InChI=1S/C14H18F3N3O3/c1-6-10(7(2)20(3)19-6)11(14(15,16)17)18-12(21)8-4-5-9(8)13(22)23/h8-9,11H,4-5H2,1-3H3,(H,18,21)(H,22,23). The van der Waals surface area contributed by atoms with Gasteiger partial charge in [0.15, 0.2) is 6.04 Å². The van der Waals surface area contributed by atoms with Gasteiger partial charge in [0, 0.05) is 18.3 Å². The molecule has 2 N–H and O–H groups in total. The van der Waals surface area contributed by atoms with Gasteiger partial charge in [0.2, 0.25) is 5.91 Å². The van der Waals surface area contributed by atoms with Crippen molar-refractivity contribution in [1.29, 1.82) is 0 Å². The lowest BCUT2D eigenvalue weighted by Gasteiger charge is -2.33. The second-order valence-corrected chi connectivity index (χ2v) is 5.82. The van der Waals surface area contributed by atoms with E-state index in [0.717, 1.165) is 0 Å². The van der Waals surface area contributed by atoms with Crippen molar-refractivity contribution < 1.29 is 27.9 Å². The van der Waals surface area contributed by atoms with Gasteiger partial charge in [-0.05, 0) is 26.7 Å². The number of nitrogens with one attached hydrogen (secondary N) is 1. The molecule has 0 spiro atoms. The Hall–Kier alpha value is -2.06. The molecule has 9 heteroatoms. The maximum Gasteiger partial charge on any atom is 0.413 e. The number of amides is 1. The van der Waals surface area contributed by atoms with E-state index >= 15 is 0 Å². The molecule has 23 heavy (non-hydrogen) atoms. The lowest BCUT2D eigenvalue weighted by atomic mass is 9.73. The third-order valence-corrected chi connectivity index (χ3v) is 4.40. The van der Waals surface area contributed by atoms with Gasteiger partial charge in [-0.2, -0.15) is 18.3 Å². The monoisotopic (exact) mass is 333 g/mol. The summed E-state index contributed by atoms with van der Waals surface area (Å²) in [4.78, 5) is 23.0. The van der Waals surface area contributed by atoms with Crippen LogP contribution in [0.15, 0.2) is 0 Å². The fraction of sp³-hybridized carbons (Fsp3) is 0.643. The molecule has 2 rings (SSSR count). The number of aromatic nitrogens is 2. The SMILES string of the molecule is Cc1nn(C)c(C)c1C(NC(=O)C1CCC1C(=O)O)C(F)(F)F. The first-order valence-corrected chi connectivity index (χ1v) is 7.14. The third kappa shape index (κ3) is 3.18. The van der Waals surface area contributed by atoms with E-state index in [0.29, 0.717) is 12.1 Å². The van der Waals surface area contributed by atoms with Gasteiger partial charge in [0.1, 0.15) is 0 Å². The van der Waals surface area contributed by atoms with E-state index in [2.05, 4.69) is 5.10 Å². The Bertz CT molecular complexity index is 639. The molecule has 128 valence electrons. The van der Waals surface area contributed by atoms with Gasteiger partial charge in [-0.25, -0.2) is 0 Å². The van der Waals surface area contributed by atoms with E-state index in [1.165, 1.54) is 25.6 Å². The molecular weight excluding hydrogens is 315 g/mol. The fourth-order valence-corrected chi connectivity index (χ4v) is 2.88. The average molecular weight is 333 g/mol. The number of halogens is 3. The van der Waals surface area contributed by atoms with E-state index < -0.39 is 35.9 Å². The van der Waals surface area contributed by atoms with Crippen LogP contribution in [0, 0.1) is 25.7 Å². The molecule has 1 saturated carbocycles. The number of carbonyl (C=O) groups is 2. The summed E-state index contributed by atoms with van der Waals surface area (Å²) in [5, 5.41) is 14.9. The number of carbonyl (C=O) groups excluding carboxylic acids is 1. The molecule has 1 amide bonds. The van der Waals surface area contributed by atoms with Crippen molar-refractivity contribution in [2.45, 2.75) is 38.9 Å². The summed E-state index contributed by atoms with van der Waals surface area (Å²) in [5.74, 6) is -3.88. The largest absolute Gasteiger partial charge is 0.481 e. The van der Waals surface area contributed by atoms with Crippen molar-refractivity contribution in [2.24, 2.45) is 18.9 Å². The maximum atomic E-state index is 13.4. The Morgan fingerprint density at radius 3 is 2.22 bits per heavy atom. The molecule has 0 bridgehead atoms. The summed E-state index contributed by atoms with van der Waals surface area (Å²) in [6.45, 7) is 2.93. The first kappa shape index (κ1) is 17.3. The normalized spacial score (nSPS) is 22.3. The Kier molecular flexibility index (Phi) is 4.41. The Balaban J connectivity index is 2.27. The van der Waals surface area contributed by atoms with Gasteiger partial charge in [-0.15, -0.1) is 0 Å². The molecule has 0 saturated heterocycles. The number of carboxylic acids is 1. The Morgan fingerprint density at radius 2 is 1.87 bits per heavy atom. The van der Waals surface area contributed by atoms with Crippen molar-refractivity contribution in [3.05, 3.63) is 17.0 Å². The van der Waals surface area contributed by atoms with Crippen molar-refractivity contribution in [2.75, 3.05) is 0 Å². The molecule has 1 aliphatic rings. The molecule has 1 fully saturated rings. The fourth-order valence-electron chi connectivity index (χ4n) is 2.88. The molecule has 1 heterocycles. The summed E-state index contributed by atoms with van der Waals surface area (Å²) in [5.41, 5.74) is 0.379. The zero-order valence-corrected chi connectivity index (χ0v) is 12.9. The van der Waals surface area contributed by atoms with Crippen LogP contribution in [0.3, 0.4) is 0 Å². The maximum absolute atomic E-state index is 13.4. The second-order valence-electron chi connectivity index (χ2n) is 5.82. The summed E-state index contributed by atoms with van der Waals surface area (Å²) in [6.07, 6.45) is -4.12. The topological polar surface area (TPSA) is 84.2 Å². The van der Waals surface area contributed by atoms with E-state index in [4.69, 9.17) is 5.11 Å². The minimum absolute atomic E-state index is 0.0976. The summed E-state index contributed by atoms with van der Waals surface area (Å²) in [6, 6.07) is -2.20. The van der Waals surface area contributed by atoms with Crippen LogP contribution in [-0.4, -0.2) is 32.9 Å². The zero-order valence-electron chi connectivity index (χ0n) is 12.9. The minimum Gasteiger partial charge on any atom is -0.481 e. The van der Waals surface area contributed by atoms with Gasteiger partial charge in [0.25, 0.3) is 0 Å². The van der Waals surface area contributed by atoms with E-state index in [-0.39, 0.29) is 17.7 Å². The van der Waals surface area contributed by atoms with Crippen LogP contribution in [0.25, 0.3) is 0 Å². The highest BCUT2D eigenvalue weighted by Gasteiger charge is 2.48. The lowest BCUT2D eigenvalue weighted by molar-refractivity contribution is -0.168. The highest BCUT2D eigenvalue weighted by Crippen LogP contribution is 2.39. The molecule has 3 unspecified atom stereocenters. The Labute approximate surface area is 130 Å². The number of alkyl halides is 3. The molecule has 6 nitrogen and oxygen atoms in total. The number of carboxylic acid groups (broad SMARTS) is 1. The van der Waals surface area contributed by atoms with Gasteiger partial charge in [0.05, 0.1) is 17.5 Å². The molecule has 0 aromatic carbocycles. The van der Waals surface area contributed by atoms with E-state index in [1.54, 1.807) is 0 Å². The molecule has 1 aliphatic carbocycles. The number of hydrogen-bond acceptors (Lipinski definition) is 3. The van der Waals surface area contributed by atoms with Crippen LogP contribution >= 0.6 is 0 Å². The predicted molar refractivity (Wildman–Crippen MR) is 73.5 cm³/mol. The van der Waals surface area contributed by atoms with Crippen molar-refractivity contribution >= 4 is 11.9 Å². The first-order chi connectivity index (χ1) is 10.5. The van der Waals surface area contributed by atoms with E-state index in [9.17, 15) is 22.8 Å². The highest BCUT2D eigenvalue weighted by atomic mass is 19.4. The van der Waals surface area contributed by atoms with Crippen molar-refractivity contribution in [3.63, 3.8) is 0 Å². The number of nitrogens with zero attached hydrogens (tertiary/aromatic N) is 2. The quantitative estimate of drug-likeness (QED) is 0.881. The van der Waals surface area contributed by atoms with Crippen LogP contribution in [-0.2, 0) is 16.6 Å². The molecular formula is C14H18F3N3O3. The van der Waals surface area contributed by atoms with Crippen LogP contribution in [0.5, 0.6) is 0 Å². The predicted octanol–water partition coefficient (Wildman–Crippen LogP) is 1.87. The van der Waals surface area contributed by atoms with Crippen LogP contribution in [0.1, 0.15) is 35.8 Å². The van der Waals surface area contributed by atoms with Crippen LogP contribution in [0.4, 0.5) is 13.2 Å². The smallest absolute Gasteiger partial charge is 0.413 e. The summed E-state index contributed by atoms with van der Waals surface area (Å²) in [7, 11) is 1.52. The molecule has 1 aromatic rings. The number of hydrogen-bond donors (Lipinski definition) is 2. The Morgan fingerprint density at radius 1 is 1.30 bits per heavy atom. The molecule has 3 atom stereocenters. The van der Waals surface area contributed by atoms with Crippen molar-refractivity contribution in [1.82, 2.24) is 15.1 Å². The lowest BCUT2D eigenvalue weighted by Crippen LogP contribution is -2.48. The van der Waals surface area contributed by atoms with Gasteiger partial charge < -0.3 is 10.4 Å². The van der Waals surface area contributed by atoms with Crippen LogP contribution < -0.4 is 5.32 Å². The minimum atomic E-state index is -4.70. The molecule has 0 aliphatic heterocycles. The number of aliphatic carboxylic acids is 1. The van der Waals surface area contributed by atoms with Gasteiger partial charge >= 0.3 is 12.1 Å². The first-order valence-electron chi connectivity index (χ1n) is 7.14.